The summed E-state index contributed by atoms with van der Waals surface area (Å²) in [5.74, 6) is 1.84. The molecule has 1 saturated heterocycles. The molecule has 1 aromatic carbocycles. The van der Waals surface area contributed by atoms with E-state index in [1.54, 1.807) is 0 Å². The summed E-state index contributed by atoms with van der Waals surface area (Å²) in [5, 5.41) is 0. The van der Waals surface area contributed by atoms with Crippen LogP contribution in [0, 0.1) is 12.8 Å². The maximum atomic E-state index is 5.83. The Morgan fingerprint density at radius 3 is 3.00 bits per heavy atom. The second-order valence-corrected chi connectivity index (χ2v) is 5.57. The van der Waals surface area contributed by atoms with Crippen molar-refractivity contribution in [2.45, 2.75) is 26.8 Å². The predicted molar refractivity (Wildman–Crippen MR) is 79.1 cm³/mol. The topological polar surface area (TPSA) is 47.1 Å². The number of fused-ring (bicyclic) bond motifs is 1. The zero-order valence-corrected chi connectivity index (χ0v) is 11.8. The maximum absolute atomic E-state index is 5.83. The SMILES string of the molecule is CCN1CCC(Cn2c(C)nc3cc(N)ccc32)C1. The van der Waals surface area contributed by atoms with Crippen LogP contribution in [0.1, 0.15) is 19.2 Å². The van der Waals surface area contributed by atoms with Crippen molar-refractivity contribution in [1.29, 1.82) is 0 Å². The monoisotopic (exact) mass is 258 g/mol. The fourth-order valence-electron chi connectivity index (χ4n) is 3.11. The Morgan fingerprint density at radius 1 is 1.42 bits per heavy atom. The second kappa shape index (κ2) is 4.85. The van der Waals surface area contributed by atoms with Gasteiger partial charge in [0.15, 0.2) is 0 Å². The summed E-state index contributed by atoms with van der Waals surface area (Å²) in [4.78, 5) is 7.15. The molecule has 19 heavy (non-hydrogen) atoms. The highest BCUT2D eigenvalue weighted by molar-refractivity contribution is 5.79. The number of nitrogens with zero attached hydrogens (tertiary/aromatic N) is 3. The first-order chi connectivity index (χ1) is 9.17. The first-order valence-corrected chi connectivity index (χ1v) is 7.12. The summed E-state index contributed by atoms with van der Waals surface area (Å²) in [7, 11) is 0. The molecule has 102 valence electrons. The van der Waals surface area contributed by atoms with Crippen LogP contribution in [0.4, 0.5) is 5.69 Å². The number of nitrogen functional groups attached to an aromatic ring is 1. The van der Waals surface area contributed by atoms with Gasteiger partial charge in [-0.15, -0.1) is 0 Å². The lowest BCUT2D eigenvalue weighted by Crippen LogP contribution is -2.21. The molecular formula is C15H22N4. The fourth-order valence-corrected chi connectivity index (χ4v) is 3.11. The van der Waals surface area contributed by atoms with E-state index in [2.05, 4.69) is 34.4 Å². The van der Waals surface area contributed by atoms with Crippen molar-refractivity contribution in [1.82, 2.24) is 14.5 Å². The number of benzene rings is 1. The maximum Gasteiger partial charge on any atom is 0.106 e. The van der Waals surface area contributed by atoms with E-state index >= 15 is 0 Å². The van der Waals surface area contributed by atoms with Crippen molar-refractivity contribution >= 4 is 16.7 Å². The van der Waals surface area contributed by atoms with Crippen molar-refractivity contribution in [2.24, 2.45) is 5.92 Å². The third kappa shape index (κ3) is 2.32. The number of imidazole rings is 1. The van der Waals surface area contributed by atoms with Gasteiger partial charge in [-0.3, -0.25) is 0 Å². The molecule has 4 heteroatoms. The lowest BCUT2D eigenvalue weighted by Gasteiger charge is -2.15. The van der Waals surface area contributed by atoms with Gasteiger partial charge in [0.05, 0.1) is 11.0 Å². The highest BCUT2D eigenvalue weighted by atomic mass is 15.2. The lowest BCUT2D eigenvalue weighted by atomic mass is 10.1. The molecule has 2 N–H and O–H groups in total. The molecule has 0 bridgehead atoms. The molecule has 0 aliphatic carbocycles. The van der Waals surface area contributed by atoms with Crippen LogP contribution in [0.3, 0.4) is 0 Å². The van der Waals surface area contributed by atoms with E-state index in [-0.39, 0.29) is 0 Å². The average Bonchev–Trinajstić information content (AvgIpc) is 2.95. The van der Waals surface area contributed by atoms with Crippen LogP contribution < -0.4 is 5.73 Å². The summed E-state index contributed by atoms with van der Waals surface area (Å²) >= 11 is 0. The molecule has 0 radical (unpaired) electrons. The highest BCUT2D eigenvalue weighted by Gasteiger charge is 2.22. The molecule has 3 rings (SSSR count). The van der Waals surface area contributed by atoms with Crippen molar-refractivity contribution in [2.75, 3.05) is 25.4 Å². The van der Waals surface area contributed by atoms with Gasteiger partial charge in [0, 0.05) is 18.8 Å². The molecule has 1 fully saturated rings. The molecule has 1 aromatic heterocycles. The van der Waals surface area contributed by atoms with Crippen molar-refractivity contribution in [3.8, 4) is 0 Å². The molecule has 1 aliphatic heterocycles. The summed E-state index contributed by atoms with van der Waals surface area (Å²) < 4.78 is 2.35. The van der Waals surface area contributed by atoms with Crippen LogP contribution >= 0.6 is 0 Å². The van der Waals surface area contributed by atoms with Gasteiger partial charge in [-0.1, -0.05) is 6.92 Å². The number of hydrogen-bond donors (Lipinski definition) is 1. The molecule has 0 spiro atoms. The molecule has 1 aliphatic rings. The predicted octanol–water partition coefficient (Wildman–Crippen LogP) is 2.27. The standard InChI is InChI=1S/C15H22N4/c1-3-18-7-6-12(9-18)10-19-11(2)17-14-8-13(16)4-5-15(14)19/h4-5,8,12H,3,6-7,9-10,16H2,1-2H3. The molecule has 2 heterocycles. The Bertz CT molecular complexity index is 587. The quantitative estimate of drug-likeness (QED) is 0.859. The fraction of sp³-hybridized carbons (Fsp3) is 0.533. The Labute approximate surface area is 114 Å². The van der Waals surface area contributed by atoms with Crippen LogP contribution in [0.2, 0.25) is 0 Å². The smallest absolute Gasteiger partial charge is 0.106 e. The van der Waals surface area contributed by atoms with E-state index in [9.17, 15) is 0 Å². The molecule has 0 saturated carbocycles. The normalized spacial score (nSPS) is 20.4. The van der Waals surface area contributed by atoms with Crippen LogP contribution in [0.25, 0.3) is 11.0 Å². The molecule has 1 atom stereocenters. The minimum absolute atomic E-state index is 0.744. The average molecular weight is 258 g/mol. The number of nitrogens with two attached hydrogens (primary N) is 1. The number of aryl methyl sites for hydroxylation is 1. The van der Waals surface area contributed by atoms with E-state index in [4.69, 9.17) is 5.73 Å². The number of likely N-dealkylation sites (tertiary alicyclic amines) is 1. The Hall–Kier alpha value is -1.55. The van der Waals surface area contributed by atoms with E-state index in [1.165, 1.54) is 25.0 Å². The molecule has 4 nitrogen and oxygen atoms in total. The van der Waals surface area contributed by atoms with Crippen molar-refractivity contribution < 1.29 is 0 Å². The largest absolute Gasteiger partial charge is 0.399 e. The molecule has 2 aromatic rings. The third-order valence-electron chi connectivity index (χ3n) is 4.22. The van der Waals surface area contributed by atoms with Gasteiger partial charge in [-0.05, 0) is 50.6 Å². The summed E-state index contributed by atoms with van der Waals surface area (Å²) in [5.41, 5.74) is 8.84. The van der Waals surface area contributed by atoms with Crippen molar-refractivity contribution in [3.63, 3.8) is 0 Å². The number of anilines is 1. The zero-order chi connectivity index (χ0) is 13.4. The number of aromatic nitrogens is 2. The van der Waals surface area contributed by atoms with E-state index < -0.39 is 0 Å². The molecule has 0 amide bonds. The minimum atomic E-state index is 0.744. The first-order valence-electron chi connectivity index (χ1n) is 7.12. The molecule has 1 unspecified atom stereocenters. The molecular weight excluding hydrogens is 236 g/mol. The Balaban J connectivity index is 1.86. The summed E-state index contributed by atoms with van der Waals surface area (Å²) in [6, 6.07) is 6.02. The van der Waals surface area contributed by atoms with Crippen LogP contribution in [-0.4, -0.2) is 34.1 Å². The highest BCUT2D eigenvalue weighted by Crippen LogP contribution is 2.23. The lowest BCUT2D eigenvalue weighted by molar-refractivity contribution is 0.333. The van der Waals surface area contributed by atoms with E-state index in [0.29, 0.717) is 0 Å². The van der Waals surface area contributed by atoms with Gasteiger partial charge in [0.2, 0.25) is 0 Å². The van der Waals surface area contributed by atoms with Gasteiger partial charge in [0.1, 0.15) is 5.82 Å². The Kier molecular flexibility index (Phi) is 3.19. The summed E-state index contributed by atoms with van der Waals surface area (Å²) in [6.07, 6.45) is 1.29. The van der Waals surface area contributed by atoms with Crippen LogP contribution in [-0.2, 0) is 6.54 Å². The van der Waals surface area contributed by atoms with Crippen LogP contribution in [0.15, 0.2) is 18.2 Å². The van der Waals surface area contributed by atoms with Gasteiger partial charge in [-0.2, -0.15) is 0 Å². The van der Waals surface area contributed by atoms with Gasteiger partial charge in [0.25, 0.3) is 0 Å². The summed E-state index contributed by atoms with van der Waals surface area (Å²) in [6.45, 7) is 9.01. The minimum Gasteiger partial charge on any atom is -0.399 e. The first kappa shape index (κ1) is 12.5. The second-order valence-electron chi connectivity index (χ2n) is 5.57. The van der Waals surface area contributed by atoms with E-state index in [0.717, 1.165) is 36.0 Å². The van der Waals surface area contributed by atoms with Gasteiger partial charge < -0.3 is 15.2 Å². The Morgan fingerprint density at radius 2 is 2.26 bits per heavy atom. The number of rotatable bonds is 3. The number of hydrogen-bond acceptors (Lipinski definition) is 3. The third-order valence-corrected chi connectivity index (χ3v) is 4.22. The van der Waals surface area contributed by atoms with Gasteiger partial charge in [-0.25, -0.2) is 4.98 Å². The van der Waals surface area contributed by atoms with Crippen molar-refractivity contribution in [3.05, 3.63) is 24.0 Å². The zero-order valence-electron chi connectivity index (χ0n) is 11.8. The van der Waals surface area contributed by atoms with Gasteiger partial charge >= 0.3 is 0 Å². The van der Waals surface area contributed by atoms with E-state index in [1.807, 2.05) is 12.1 Å². The van der Waals surface area contributed by atoms with Crippen LogP contribution in [0.5, 0.6) is 0 Å².